The number of aromatic nitrogens is 1. The van der Waals surface area contributed by atoms with E-state index in [0.29, 0.717) is 12.8 Å². The SMILES string of the molecule is Cc1ccc2c(n1)CC(=O)C2. The molecule has 1 aliphatic carbocycles. The lowest BCUT2D eigenvalue weighted by Crippen LogP contribution is -1.93. The lowest BCUT2D eigenvalue weighted by atomic mass is 10.2. The Labute approximate surface area is 65.3 Å². The molecule has 0 fully saturated rings. The maximum atomic E-state index is 11.0. The van der Waals surface area contributed by atoms with Crippen LogP contribution in [0, 0.1) is 6.92 Å². The Morgan fingerprint density at radius 1 is 1.36 bits per heavy atom. The number of aryl methyl sites for hydroxylation is 1. The summed E-state index contributed by atoms with van der Waals surface area (Å²) < 4.78 is 0. The predicted octanol–water partition coefficient (Wildman–Crippen LogP) is 1.06. The zero-order valence-electron chi connectivity index (χ0n) is 6.42. The van der Waals surface area contributed by atoms with Gasteiger partial charge in [0.2, 0.25) is 0 Å². The van der Waals surface area contributed by atoms with Gasteiger partial charge >= 0.3 is 0 Å². The van der Waals surface area contributed by atoms with Crippen LogP contribution in [-0.2, 0) is 17.6 Å². The number of Topliss-reactive ketones (excluding diaryl/α,β-unsaturated/α-hetero) is 1. The van der Waals surface area contributed by atoms with Crippen molar-refractivity contribution in [2.24, 2.45) is 0 Å². The van der Waals surface area contributed by atoms with Gasteiger partial charge in [0.05, 0.1) is 5.69 Å². The van der Waals surface area contributed by atoms with Gasteiger partial charge in [0.15, 0.2) is 0 Å². The Balaban J connectivity index is 2.51. The van der Waals surface area contributed by atoms with E-state index in [1.54, 1.807) is 0 Å². The highest BCUT2D eigenvalue weighted by molar-refractivity contribution is 5.87. The van der Waals surface area contributed by atoms with E-state index in [1.165, 1.54) is 0 Å². The van der Waals surface area contributed by atoms with Crippen molar-refractivity contribution in [1.29, 1.82) is 0 Å². The fraction of sp³-hybridized carbons (Fsp3) is 0.333. The number of carbonyl (C=O) groups is 1. The molecule has 0 saturated carbocycles. The number of rotatable bonds is 0. The standard InChI is InChI=1S/C9H9NO/c1-6-2-3-7-4-8(11)5-9(7)10-6/h2-3H,4-5H2,1H3. The molecular weight excluding hydrogens is 138 g/mol. The molecule has 2 nitrogen and oxygen atoms in total. The number of carbonyl (C=O) groups excluding carboxylic acids is 1. The van der Waals surface area contributed by atoms with E-state index in [4.69, 9.17) is 0 Å². The van der Waals surface area contributed by atoms with Gasteiger partial charge in [-0.25, -0.2) is 0 Å². The molecule has 1 aliphatic rings. The zero-order valence-corrected chi connectivity index (χ0v) is 6.42. The van der Waals surface area contributed by atoms with Gasteiger partial charge < -0.3 is 0 Å². The van der Waals surface area contributed by atoms with Gasteiger partial charge in [0.1, 0.15) is 5.78 Å². The number of ketones is 1. The number of hydrogen-bond acceptors (Lipinski definition) is 2. The molecule has 0 atom stereocenters. The molecule has 2 heteroatoms. The third-order valence-electron chi connectivity index (χ3n) is 1.96. The molecule has 0 N–H and O–H groups in total. The minimum Gasteiger partial charge on any atom is -0.299 e. The topological polar surface area (TPSA) is 30.0 Å². The molecule has 56 valence electrons. The van der Waals surface area contributed by atoms with Crippen molar-refractivity contribution in [1.82, 2.24) is 4.98 Å². The summed E-state index contributed by atoms with van der Waals surface area (Å²) in [5, 5.41) is 0. The van der Waals surface area contributed by atoms with Gasteiger partial charge in [-0.3, -0.25) is 9.78 Å². The van der Waals surface area contributed by atoms with E-state index in [2.05, 4.69) is 4.98 Å². The summed E-state index contributed by atoms with van der Waals surface area (Å²) in [6, 6.07) is 3.96. The second kappa shape index (κ2) is 2.16. The molecular formula is C9H9NO. The first-order valence-electron chi connectivity index (χ1n) is 3.73. The lowest BCUT2D eigenvalue weighted by molar-refractivity contribution is -0.117. The summed E-state index contributed by atoms with van der Waals surface area (Å²) in [6.45, 7) is 1.95. The highest BCUT2D eigenvalue weighted by Crippen LogP contribution is 2.16. The van der Waals surface area contributed by atoms with Crippen molar-refractivity contribution in [3.63, 3.8) is 0 Å². The van der Waals surface area contributed by atoms with E-state index in [0.717, 1.165) is 17.0 Å². The van der Waals surface area contributed by atoms with E-state index in [-0.39, 0.29) is 5.78 Å². The van der Waals surface area contributed by atoms with Crippen LogP contribution in [0.1, 0.15) is 17.0 Å². The Hall–Kier alpha value is -1.18. The van der Waals surface area contributed by atoms with Crippen LogP contribution >= 0.6 is 0 Å². The molecule has 0 aliphatic heterocycles. The van der Waals surface area contributed by atoms with E-state index >= 15 is 0 Å². The number of nitrogens with zero attached hydrogens (tertiary/aromatic N) is 1. The lowest BCUT2D eigenvalue weighted by Gasteiger charge is -1.96. The summed E-state index contributed by atoms with van der Waals surface area (Å²) in [6.07, 6.45) is 1.12. The molecule has 11 heavy (non-hydrogen) atoms. The van der Waals surface area contributed by atoms with Crippen molar-refractivity contribution in [3.05, 3.63) is 29.1 Å². The predicted molar refractivity (Wildman–Crippen MR) is 41.4 cm³/mol. The fourth-order valence-electron chi connectivity index (χ4n) is 1.42. The minimum atomic E-state index is 0.290. The smallest absolute Gasteiger partial charge is 0.143 e. The van der Waals surface area contributed by atoms with E-state index in [9.17, 15) is 4.79 Å². The normalized spacial score (nSPS) is 15.2. The number of fused-ring (bicyclic) bond motifs is 1. The second-order valence-electron chi connectivity index (χ2n) is 2.95. The molecule has 0 spiro atoms. The Morgan fingerprint density at radius 3 is 3.00 bits per heavy atom. The van der Waals surface area contributed by atoms with E-state index < -0.39 is 0 Å². The van der Waals surface area contributed by atoms with Crippen LogP contribution in [0.5, 0.6) is 0 Å². The molecule has 1 aromatic heterocycles. The first-order valence-corrected chi connectivity index (χ1v) is 3.73. The summed E-state index contributed by atoms with van der Waals surface area (Å²) in [5.41, 5.74) is 3.09. The first kappa shape index (κ1) is 6.53. The quantitative estimate of drug-likeness (QED) is 0.549. The molecule has 1 aromatic rings. The van der Waals surface area contributed by atoms with Crippen molar-refractivity contribution in [3.8, 4) is 0 Å². The molecule has 0 radical (unpaired) electrons. The van der Waals surface area contributed by atoms with E-state index in [1.807, 2.05) is 19.1 Å². The van der Waals surface area contributed by atoms with Crippen molar-refractivity contribution in [2.75, 3.05) is 0 Å². The highest BCUT2D eigenvalue weighted by Gasteiger charge is 2.18. The molecule has 0 bridgehead atoms. The minimum absolute atomic E-state index is 0.290. The van der Waals surface area contributed by atoms with Crippen molar-refractivity contribution < 1.29 is 4.79 Å². The van der Waals surface area contributed by atoms with Gasteiger partial charge in [-0.1, -0.05) is 6.07 Å². The number of pyridine rings is 1. The van der Waals surface area contributed by atoms with Crippen LogP contribution in [0.3, 0.4) is 0 Å². The average Bonchev–Trinajstić information content (AvgIpc) is 2.27. The molecule has 1 heterocycles. The van der Waals surface area contributed by atoms with Crippen LogP contribution in [0.2, 0.25) is 0 Å². The van der Waals surface area contributed by atoms with Gasteiger partial charge in [-0.15, -0.1) is 0 Å². The zero-order chi connectivity index (χ0) is 7.84. The third-order valence-corrected chi connectivity index (χ3v) is 1.96. The van der Waals surface area contributed by atoms with Crippen LogP contribution < -0.4 is 0 Å². The largest absolute Gasteiger partial charge is 0.299 e. The Kier molecular flexibility index (Phi) is 1.28. The third kappa shape index (κ3) is 1.04. The van der Waals surface area contributed by atoms with Gasteiger partial charge in [-0.05, 0) is 18.6 Å². The summed E-state index contributed by atoms with van der Waals surface area (Å²) in [7, 11) is 0. The molecule has 0 unspecified atom stereocenters. The summed E-state index contributed by atoms with van der Waals surface area (Å²) in [4.78, 5) is 15.3. The number of hydrogen-bond donors (Lipinski definition) is 0. The van der Waals surface area contributed by atoms with Crippen molar-refractivity contribution in [2.45, 2.75) is 19.8 Å². The van der Waals surface area contributed by atoms with Crippen LogP contribution in [-0.4, -0.2) is 10.8 Å². The van der Waals surface area contributed by atoms with Crippen LogP contribution in [0.4, 0.5) is 0 Å². The maximum Gasteiger partial charge on any atom is 0.143 e. The van der Waals surface area contributed by atoms with Crippen molar-refractivity contribution >= 4 is 5.78 Å². The first-order chi connectivity index (χ1) is 5.25. The Morgan fingerprint density at radius 2 is 2.18 bits per heavy atom. The second-order valence-corrected chi connectivity index (χ2v) is 2.95. The molecule has 0 aromatic carbocycles. The van der Waals surface area contributed by atoms with Crippen LogP contribution in [0.15, 0.2) is 12.1 Å². The van der Waals surface area contributed by atoms with Gasteiger partial charge in [0, 0.05) is 18.5 Å². The van der Waals surface area contributed by atoms with Gasteiger partial charge in [0.25, 0.3) is 0 Å². The summed E-state index contributed by atoms with van der Waals surface area (Å²) in [5.74, 6) is 0.290. The molecule has 2 rings (SSSR count). The highest BCUT2D eigenvalue weighted by atomic mass is 16.1. The maximum absolute atomic E-state index is 11.0. The average molecular weight is 147 g/mol. The monoisotopic (exact) mass is 147 g/mol. The fourth-order valence-corrected chi connectivity index (χ4v) is 1.42. The molecule has 0 saturated heterocycles. The summed E-state index contributed by atoms with van der Waals surface area (Å²) >= 11 is 0. The van der Waals surface area contributed by atoms with Gasteiger partial charge in [-0.2, -0.15) is 0 Å². The molecule has 0 amide bonds. The van der Waals surface area contributed by atoms with Crippen LogP contribution in [0.25, 0.3) is 0 Å². The Bertz CT molecular complexity index is 317.